The molecule has 0 spiro atoms. The molecule has 109 heavy (non-hydrogen) atoms. The van der Waals surface area contributed by atoms with E-state index in [2.05, 4.69) is 70.4 Å². The number of likely N-dealkylation sites (N-methyl/N-ethyl adjacent to an activating group) is 2. The zero-order valence-electron chi connectivity index (χ0n) is 63.9. The van der Waals surface area contributed by atoms with Crippen molar-refractivity contribution in [3.8, 4) is 0 Å². The number of carboxylic acid groups (broad SMARTS) is 2. The molecule has 3 aromatic rings. The molecule has 0 aliphatic rings. The van der Waals surface area contributed by atoms with Gasteiger partial charge in [-0.25, -0.2) is 0 Å². The van der Waals surface area contributed by atoms with E-state index in [1.807, 2.05) is 0 Å². The Balaban J connectivity index is 1.88. The Bertz CT molecular complexity index is 3540. The average molecular weight is 1530 g/mol. The van der Waals surface area contributed by atoms with Crippen LogP contribution in [0.1, 0.15) is 137 Å². The molecule has 22 N–H and O–H groups in total. The maximum atomic E-state index is 14.8. The summed E-state index contributed by atoms with van der Waals surface area (Å²) in [6, 6.07) is -2.76. The lowest BCUT2D eigenvalue weighted by atomic mass is 9.98. The van der Waals surface area contributed by atoms with Crippen LogP contribution in [0.4, 0.5) is 0 Å². The molecule has 0 unspecified atom stereocenters. The number of aromatic nitrogens is 1. The Morgan fingerprint density at radius 3 is 1.44 bits per heavy atom. The minimum absolute atomic E-state index is 0.0628. The molecule has 36 nitrogen and oxygen atoms in total. The van der Waals surface area contributed by atoms with E-state index in [9.17, 15) is 92.3 Å². The van der Waals surface area contributed by atoms with Crippen molar-refractivity contribution < 1.29 is 92.3 Å². The summed E-state index contributed by atoms with van der Waals surface area (Å²) in [5, 5.41) is 68.5. The highest BCUT2D eigenvalue weighted by Crippen LogP contribution is 2.21. The van der Waals surface area contributed by atoms with Crippen molar-refractivity contribution in [3.63, 3.8) is 0 Å². The number of rotatable bonds is 50. The number of hydrogen-bond donors (Lipinski definition) is 19. The lowest BCUT2D eigenvalue weighted by Gasteiger charge is -2.33. The molecule has 13 amide bonds. The Morgan fingerprint density at radius 1 is 0.440 bits per heavy atom. The number of aliphatic hydroxyl groups excluding tert-OH is 2. The van der Waals surface area contributed by atoms with Gasteiger partial charge in [-0.3, -0.25) is 71.9 Å². The van der Waals surface area contributed by atoms with Crippen molar-refractivity contribution >= 4 is 99.6 Å². The van der Waals surface area contributed by atoms with Gasteiger partial charge in [-0.05, 0) is 93.6 Å². The van der Waals surface area contributed by atoms with Gasteiger partial charge >= 0.3 is 11.9 Å². The lowest BCUT2D eigenvalue weighted by molar-refractivity contribution is -0.143. The number of aliphatic carboxylic acids is 2. The molecule has 1 heterocycles. The van der Waals surface area contributed by atoms with Crippen LogP contribution >= 0.6 is 0 Å². The summed E-state index contributed by atoms with van der Waals surface area (Å²) in [5.41, 5.74) is 19.4. The Morgan fingerprint density at radius 2 is 0.881 bits per heavy atom. The number of unbranched alkanes of at least 4 members (excludes halogenated alkanes) is 4. The molecule has 0 radical (unpaired) electrons. The van der Waals surface area contributed by atoms with Gasteiger partial charge in [-0.1, -0.05) is 123 Å². The van der Waals surface area contributed by atoms with Gasteiger partial charge in [0.25, 0.3) is 0 Å². The third-order valence-corrected chi connectivity index (χ3v) is 18.0. The second-order valence-electron chi connectivity index (χ2n) is 27.9. The van der Waals surface area contributed by atoms with Crippen LogP contribution in [0.2, 0.25) is 0 Å². The lowest BCUT2D eigenvalue weighted by Crippen LogP contribution is -2.62. The van der Waals surface area contributed by atoms with Crippen LogP contribution in [0, 0.1) is 17.8 Å². The Hall–Kier alpha value is -10.2. The zero-order chi connectivity index (χ0) is 81.8. The topological polar surface area (TPSA) is 570 Å². The number of aliphatic hydroxyl groups is 2. The van der Waals surface area contributed by atoms with E-state index >= 15 is 0 Å². The van der Waals surface area contributed by atoms with Crippen LogP contribution in [0.5, 0.6) is 0 Å². The number of amides is 13. The molecule has 0 fully saturated rings. The Kier molecular flexibility index (Phi) is 40.6. The minimum atomic E-state index is -1.87. The van der Waals surface area contributed by atoms with Crippen molar-refractivity contribution in [3.05, 3.63) is 71.9 Å². The average Bonchev–Trinajstić information content (AvgIpc) is 1.58. The number of aromatic amines is 1. The molecule has 3 rings (SSSR count). The summed E-state index contributed by atoms with van der Waals surface area (Å²) < 4.78 is 0. The van der Waals surface area contributed by atoms with Crippen molar-refractivity contribution in [2.75, 3.05) is 53.5 Å². The van der Waals surface area contributed by atoms with E-state index in [1.54, 1.807) is 102 Å². The quantitative estimate of drug-likeness (QED) is 0.0249. The van der Waals surface area contributed by atoms with Gasteiger partial charge in [-0.15, -0.1) is 0 Å². The van der Waals surface area contributed by atoms with Gasteiger partial charge in [0.05, 0.1) is 19.8 Å². The van der Waals surface area contributed by atoms with E-state index in [1.165, 1.54) is 21.0 Å². The smallest absolute Gasteiger partial charge is 0.325 e. The largest absolute Gasteiger partial charge is 0.481 e. The van der Waals surface area contributed by atoms with E-state index in [4.69, 9.17) is 17.2 Å². The highest BCUT2D eigenvalue weighted by molar-refractivity contribution is 6.00. The van der Waals surface area contributed by atoms with Gasteiger partial charge in [-0.2, -0.15) is 0 Å². The number of nitrogens with zero attached hydrogens (tertiary/aromatic N) is 2. The molecule has 0 saturated heterocycles. The number of benzene rings is 2. The molecular formula is C73H115N17O19. The summed E-state index contributed by atoms with van der Waals surface area (Å²) in [6.45, 7) is 9.59. The summed E-state index contributed by atoms with van der Waals surface area (Å²) in [7, 11) is 2.47. The predicted molar refractivity (Wildman–Crippen MR) is 401 cm³/mol. The predicted octanol–water partition coefficient (Wildman–Crippen LogP) is -3.10. The summed E-state index contributed by atoms with van der Waals surface area (Å²) in [4.78, 5) is 210. The third-order valence-electron chi connectivity index (χ3n) is 18.0. The molecular weight excluding hydrogens is 1420 g/mol. The first-order valence-corrected chi connectivity index (χ1v) is 36.8. The van der Waals surface area contributed by atoms with Gasteiger partial charge < -0.3 is 111 Å². The SMILES string of the molecule is CCCCCCCC(=O)N[C@@H](C(=O)N[C@H](CCN)C(=O)N(C)CC(=O)N[C@H](CO)C(=O)N[C@H](Cc1c[nH]c2ccccc12)C(=O)N[C@@H](CO)C(=O)N[C@@H](CCN)C(=O)N[C@H](CCN)C(=O)N(C)[C@@H](Cc1ccccc1)C(=O)N[C@@H](CCC(=O)O)C(=O)N[C@H](C(=O)N[C@@H](C(=O)N[C@@H](C)C(=O)O)C(C)C)C(C)C)C(C)C. The Labute approximate surface area is 634 Å². The fourth-order valence-electron chi connectivity index (χ4n) is 11.6. The van der Waals surface area contributed by atoms with E-state index in [-0.39, 0.29) is 70.0 Å². The standard InChI is InChI=1S/C73H115N17O19/c1-11-12-13-14-18-25-56(93)86-59(40(2)3)69(104)83-50(29-32-75)71(106)89(9)37-57(94)79-53(38-91)65(100)84-52(35-45-36-77-47-24-20-19-23-46(45)47)64(99)85-54(39-92)66(101)80-49(28-31-74)62(97)82-51(30-33-76)72(107)90(10)55(34-44-21-16-15-17-22-44)67(102)81-48(26-27-58(95)96)63(98)87-61(42(6)7)70(105)88-60(41(4)5)68(103)78-43(8)73(108)109/h15-17,19-24,36,40-43,48-55,59-61,77,91-92H,11-14,18,25-35,37-39,74-76H2,1-10H3,(H,78,103)(H,79,94)(H,80,101)(H,81,102)(H,82,97)(H,83,104)(H,84,100)(H,85,99)(H,86,93)(H,87,98)(H,88,105)(H,95,96)(H,108,109)/t43-,48-,49-,50+,51+,52+,53+,54-,55-,59+,60+,61-/m0/s1. The number of para-hydroxylation sites is 1. The third kappa shape index (κ3) is 30.8. The second kappa shape index (κ2) is 47.6. The maximum Gasteiger partial charge on any atom is 0.325 e. The van der Waals surface area contributed by atoms with Gasteiger partial charge in [0.2, 0.25) is 76.8 Å². The van der Waals surface area contributed by atoms with E-state index in [0.717, 1.165) is 35.5 Å². The molecule has 36 heteroatoms. The van der Waals surface area contributed by atoms with Gasteiger partial charge in [0.15, 0.2) is 0 Å². The first-order chi connectivity index (χ1) is 51.6. The minimum Gasteiger partial charge on any atom is -0.481 e. The van der Waals surface area contributed by atoms with Crippen LogP contribution in [0.3, 0.4) is 0 Å². The molecule has 0 bridgehead atoms. The van der Waals surface area contributed by atoms with Crippen LogP contribution in [0.25, 0.3) is 10.9 Å². The van der Waals surface area contributed by atoms with E-state index < -0.39 is 200 Å². The van der Waals surface area contributed by atoms with Crippen molar-refractivity contribution in [1.82, 2.24) is 73.3 Å². The normalized spacial score (nSPS) is 14.6. The highest BCUT2D eigenvalue weighted by Gasteiger charge is 2.40. The first-order valence-electron chi connectivity index (χ1n) is 36.8. The molecule has 1 aromatic heterocycles. The number of hydrogen-bond acceptors (Lipinski definition) is 20. The van der Waals surface area contributed by atoms with Crippen LogP contribution in [-0.4, -0.2) is 250 Å². The van der Waals surface area contributed by atoms with Crippen molar-refractivity contribution in [1.29, 1.82) is 0 Å². The second-order valence-corrected chi connectivity index (χ2v) is 27.9. The first kappa shape index (κ1) is 93.0. The number of carboxylic acids is 2. The van der Waals surface area contributed by atoms with Gasteiger partial charge in [0, 0.05) is 56.9 Å². The summed E-state index contributed by atoms with van der Waals surface area (Å²) in [6.07, 6.45) is 3.86. The van der Waals surface area contributed by atoms with Gasteiger partial charge in [0.1, 0.15) is 72.5 Å². The number of carbonyl (C=O) groups excluding carboxylic acids is 13. The zero-order valence-corrected chi connectivity index (χ0v) is 63.9. The molecule has 606 valence electrons. The van der Waals surface area contributed by atoms with Crippen LogP contribution < -0.4 is 75.7 Å². The number of fused-ring (bicyclic) bond motifs is 1. The van der Waals surface area contributed by atoms with Crippen LogP contribution in [0.15, 0.2) is 60.8 Å². The number of H-pyrrole nitrogens is 1. The molecule has 0 aliphatic carbocycles. The van der Waals surface area contributed by atoms with Crippen LogP contribution in [-0.2, 0) is 84.8 Å². The highest BCUT2D eigenvalue weighted by atomic mass is 16.4. The summed E-state index contributed by atoms with van der Waals surface area (Å²) in [5.74, 6) is -16.1. The number of nitrogens with one attached hydrogen (secondary N) is 12. The number of carbonyl (C=O) groups is 15. The number of nitrogens with two attached hydrogens (primary N) is 3. The maximum absolute atomic E-state index is 14.8. The molecule has 12 atom stereocenters. The molecule has 0 saturated carbocycles. The summed E-state index contributed by atoms with van der Waals surface area (Å²) >= 11 is 0. The van der Waals surface area contributed by atoms with Crippen molar-refractivity contribution in [2.24, 2.45) is 35.0 Å². The fraction of sp³-hybridized carbons (Fsp3) is 0.603. The molecule has 0 aliphatic heterocycles. The van der Waals surface area contributed by atoms with E-state index in [0.29, 0.717) is 28.5 Å². The monoisotopic (exact) mass is 1530 g/mol. The fourth-order valence-corrected chi connectivity index (χ4v) is 11.6. The van der Waals surface area contributed by atoms with Crippen molar-refractivity contribution in [2.45, 2.75) is 211 Å². The molecule has 2 aromatic carbocycles.